The molecule has 0 aliphatic rings. The van der Waals surface area contributed by atoms with Crippen LogP contribution in [-0.4, -0.2) is 9.97 Å². The first kappa shape index (κ1) is 13.6. The van der Waals surface area contributed by atoms with Crippen molar-refractivity contribution in [1.82, 2.24) is 9.97 Å². The molecule has 0 radical (unpaired) electrons. The van der Waals surface area contributed by atoms with Gasteiger partial charge < -0.3 is 15.1 Å². The smallest absolute Gasteiger partial charge is 0.326 e. The standard InChI is InChI=1S/C15H11N3O4/c16-9-2-4-12-11(5-9)14(20)8(7-22-12)1-3-10-6-13(19)18-15(21)17-10/h1-7H,16H2,(H2,17,18,19,21)/b3-1+. The van der Waals surface area contributed by atoms with E-state index in [-0.39, 0.29) is 16.7 Å². The summed E-state index contributed by atoms with van der Waals surface area (Å²) < 4.78 is 5.37. The fourth-order valence-corrected chi connectivity index (χ4v) is 2.04. The van der Waals surface area contributed by atoms with Crippen LogP contribution in [0.5, 0.6) is 0 Å². The fourth-order valence-electron chi connectivity index (χ4n) is 2.04. The highest BCUT2D eigenvalue weighted by Gasteiger charge is 2.05. The van der Waals surface area contributed by atoms with Gasteiger partial charge in [0.05, 0.1) is 10.9 Å². The van der Waals surface area contributed by atoms with Crippen LogP contribution in [0.15, 0.2) is 49.3 Å². The zero-order chi connectivity index (χ0) is 15.7. The maximum Gasteiger partial charge on any atom is 0.326 e. The number of anilines is 1. The van der Waals surface area contributed by atoms with Crippen molar-refractivity contribution in [3.05, 3.63) is 72.8 Å². The number of fused-ring (bicyclic) bond motifs is 1. The lowest BCUT2D eigenvalue weighted by molar-refractivity contribution is 0.601. The molecule has 0 aliphatic carbocycles. The van der Waals surface area contributed by atoms with Gasteiger partial charge in [0.25, 0.3) is 5.56 Å². The van der Waals surface area contributed by atoms with Crippen LogP contribution in [0.4, 0.5) is 5.69 Å². The number of aromatic amines is 2. The summed E-state index contributed by atoms with van der Waals surface area (Å²) in [6.07, 6.45) is 4.21. The lowest BCUT2D eigenvalue weighted by Crippen LogP contribution is -2.21. The Morgan fingerprint density at radius 2 is 1.86 bits per heavy atom. The average molecular weight is 297 g/mol. The Hall–Kier alpha value is -3.35. The number of rotatable bonds is 2. The molecule has 7 nitrogen and oxygen atoms in total. The summed E-state index contributed by atoms with van der Waals surface area (Å²) in [5.41, 5.74) is 5.71. The number of hydrogen-bond acceptors (Lipinski definition) is 5. The Bertz CT molecular complexity index is 1030. The normalized spacial score (nSPS) is 11.3. The van der Waals surface area contributed by atoms with Gasteiger partial charge in [-0.05, 0) is 30.4 Å². The molecule has 0 spiro atoms. The number of nitrogen functional groups attached to an aromatic ring is 1. The van der Waals surface area contributed by atoms with Gasteiger partial charge in [-0.25, -0.2) is 4.79 Å². The lowest BCUT2D eigenvalue weighted by atomic mass is 10.1. The number of nitrogens with one attached hydrogen (secondary N) is 2. The van der Waals surface area contributed by atoms with Gasteiger partial charge in [-0.15, -0.1) is 0 Å². The molecule has 2 heterocycles. The predicted octanol–water partition coefficient (Wildman–Crippen LogP) is 0.922. The van der Waals surface area contributed by atoms with Gasteiger partial charge in [0.2, 0.25) is 0 Å². The molecule has 7 heteroatoms. The molecule has 0 saturated heterocycles. The number of nitrogens with two attached hydrogens (primary N) is 1. The third-order valence-electron chi connectivity index (χ3n) is 3.05. The van der Waals surface area contributed by atoms with Crippen LogP contribution >= 0.6 is 0 Å². The van der Waals surface area contributed by atoms with E-state index in [1.807, 2.05) is 0 Å². The van der Waals surface area contributed by atoms with Gasteiger partial charge >= 0.3 is 5.69 Å². The van der Waals surface area contributed by atoms with Crippen LogP contribution in [0.25, 0.3) is 23.1 Å². The predicted molar refractivity (Wildman–Crippen MR) is 83.5 cm³/mol. The first-order chi connectivity index (χ1) is 10.5. The Kier molecular flexibility index (Phi) is 3.23. The second-order valence-electron chi connectivity index (χ2n) is 4.65. The van der Waals surface area contributed by atoms with Gasteiger partial charge in [-0.1, -0.05) is 0 Å². The molecule has 1 aromatic carbocycles. The molecule has 0 unspecified atom stereocenters. The Balaban J connectivity index is 2.09. The number of aromatic nitrogens is 2. The van der Waals surface area contributed by atoms with Crippen LogP contribution in [0.3, 0.4) is 0 Å². The van der Waals surface area contributed by atoms with E-state index in [4.69, 9.17) is 10.2 Å². The molecule has 3 rings (SSSR count). The zero-order valence-corrected chi connectivity index (χ0v) is 11.3. The van der Waals surface area contributed by atoms with E-state index in [1.54, 1.807) is 12.1 Å². The Morgan fingerprint density at radius 3 is 2.64 bits per heavy atom. The van der Waals surface area contributed by atoms with Crippen molar-refractivity contribution in [2.75, 3.05) is 5.73 Å². The number of H-pyrrole nitrogens is 2. The maximum absolute atomic E-state index is 12.3. The summed E-state index contributed by atoms with van der Waals surface area (Å²) in [6.45, 7) is 0. The van der Waals surface area contributed by atoms with Gasteiger partial charge in [0.1, 0.15) is 11.8 Å². The highest BCUT2D eigenvalue weighted by Crippen LogP contribution is 2.15. The molecule has 22 heavy (non-hydrogen) atoms. The van der Waals surface area contributed by atoms with Gasteiger partial charge in [0.15, 0.2) is 5.43 Å². The van der Waals surface area contributed by atoms with E-state index < -0.39 is 11.2 Å². The minimum Gasteiger partial charge on any atom is -0.463 e. The van der Waals surface area contributed by atoms with Gasteiger partial charge in [-0.2, -0.15) is 0 Å². The molecule has 0 saturated carbocycles. The number of benzene rings is 1. The molecule has 2 aromatic heterocycles. The minimum atomic E-state index is -0.620. The summed E-state index contributed by atoms with van der Waals surface area (Å²) >= 11 is 0. The molecule has 110 valence electrons. The first-order valence-electron chi connectivity index (χ1n) is 6.36. The average Bonchev–Trinajstić information content (AvgIpc) is 2.46. The summed E-state index contributed by atoms with van der Waals surface area (Å²) in [7, 11) is 0. The highest BCUT2D eigenvalue weighted by atomic mass is 16.3. The summed E-state index contributed by atoms with van der Waals surface area (Å²) in [4.78, 5) is 39.2. The van der Waals surface area contributed by atoms with Crippen LogP contribution in [-0.2, 0) is 0 Å². The summed E-state index contributed by atoms with van der Waals surface area (Å²) in [6, 6.07) is 6.00. The van der Waals surface area contributed by atoms with Gasteiger partial charge in [0, 0.05) is 17.4 Å². The molecular formula is C15H11N3O4. The van der Waals surface area contributed by atoms with Crippen molar-refractivity contribution < 1.29 is 4.42 Å². The largest absolute Gasteiger partial charge is 0.463 e. The first-order valence-corrected chi connectivity index (χ1v) is 6.36. The van der Waals surface area contributed by atoms with E-state index in [2.05, 4.69) is 9.97 Å². The monoisotopic (exact) mass is 297 g/mol. The van der Waals surface area contributed by atoms with Crippen LogP contribution < -0.4 is 22.4 Å². The highest BCUT2D eigenvalue weighted by molar-refractivity contribution is 5.82. The third-order valence-corrected chi connectivity index (χ3v) is 3.05. The van der Waals surface area contributed by atoms with Gasteiger partial charge in [-0.3, -0.25) is 14.6 Å². The third kappa shape index (κ3) is 2.59. The SMILES string of the molecule is Nc1ccc2occ(/C=C/c3cc(=O)[nH]c(=O)[nH]3)c(=O)c2c1. The van der Waals surface area contributed by atoms with E-state index >= 15 is 0 Å². The number of hydrogen-bond donors (Lipinski definition) is 3. The molecule has 3 aromatic rings. The molecule has 0 bridgehead atoms. The van der Waals surface area contributed by atoms with Crippen LogP contribution in [0.1, 0.15) is 11.3 Å². The molecule has 0 aliphatic heterocycles. The van der Waals surface area contributed by atoms with Crippen molar-refractivity contribution in [3.63, 3.8) is 0 Å². The van der Waals surface area contributed by atoms with E-state index in [9.17, 15) is 14.4 Å². The minimum absolute atomic E-state index is 0.253. The maximum atomic E-state index is 12.3. The fraction of sp³-hybridized carbons (Fsp3) is 0. The van der Waals surface area contributed by atoms with E-state index in [1.165, 1.54) is 30.5 Å². The molecule has 4 N–H and O–H groups in total. The zero-order valence-electron chi connectivity index (χ0n) is 11.3. The van der Waals surface area contributed by atoms with Crippen LogP contribution in [0, 0.1) is 0 Å². The quantitative estimate of drug-likeness (QED) is 0.607. The van der Waals surface area contributed by atoms with Crippen molar-refractivity contribution in [2.45, 2.75) is 0 Å². The van der Waals surface area contributed by atoms with E-state index in [0.29, 0.717) is 16.7 Å². The Morgan fingerprint density at radius 1 is 1.05 bits per heavy atom. The van der Waals surface area contributed by atoms with Crippen molar-refractivity contribution in [1.29, 1.82) is 0 Å². The lowest BCUT2D eigenvalue weighted by Gasteiger charge is -1.99. The summed E-state index contributed by atoms with van der Waals surface area (Å²) in [5.74, 6) is 0. The Labute approximate surface area is 122 Å². The molecule has 0 atom stereocenters. The van der Waals surface area contributed by atoms with Crippen molar-refractivity contribution in [3.8, 4) is 0 Å². The topological polar surface area (TPSA) is 122 Å². The molecule has 0 fully saturated rings. The van der Waals surface area contributed by atoms with Crippen molar-refractivity contribution >= 4 is 28.8 Å². The van der Waals surface area contributed by atoms with E-state index in [0.717, 1.165) is 0 Å². The second-order valence-corrected chi connectivity index (χ2v) is 4.65. The summed E-state index contributed by atoms with van der Waals surface area (Å²) in [5, 5.41) is 0.363. The molecular weight excluding hydrogens is 286 g/mol. The second kappa shape index (κ2) is 5.21. The van der Waals surface area contributed by atoms with Crippen LogP contribution in [0.2, 0.25) is 0 Å². The molecule has 0 amide bonds. The van der Waals surface area contributed by atoms with Crippen molar-refractivity contribution in [2.24, 2.45) is 0 Å².